The van der Waals surface area contributed by atoms with E-state index in [1.54, 1.807) is 0 Å². The highest BCUT2D eigenvalue weighted by molar-refractivity contribution is 8.01. The van der Waals surface area contributed by atoms with Crippen LogP contribution in [0.1, 0.15) is 24.1 Å². The summed E-state index contributed by atoms with van der Waals surface area (Å²) in [6.45, 7) is 2.33. The van der Waals surface area contributed by atoms with Gasteiger partial charge in [-0.15, -0.1) is 0 Å². The first-order valence-electron chi connectivity index (χ1n) is 14.8. The van der Waals surface area contributed by atoms with Crippen molar-refractivity contribution in [1.29, 1.82) is 0 Å². The van der Waals surface area contributed by atoms with Gasteiger partial charge < -0.3 is 4.90 Å². The minimum absolute atomic E-state index is 0.130. The Hall–Kier alpha value is -4.86. The molecule has 0 radical (unpaired) electrons. The van der Waals surface area contributed by atoms with Crippen LogP contribution in [0.5, 0.6) is 0 Å². The molecule has 204 valence electrons. The number of rotatable bonds is 3. The predicted molar refractivity (Wildman–Crippen MR) is 182 cm³/mol. The monoisotopic (exact) mass is 568 g/mol. The van der Waals surface area contributed by atoms with E-state index in [1.807, 2.05) is 11.8 Å². The summed E-state index contributed by atoms with van der Waals surface area (Å²) in [5.74, 6) is 1.04. The molecule has 3 aliphatic heterocycles. The van der Waals surface area contributed by atoms with Crippen molar-refractivity contribution in [2.45, 2.75) is 22.7 Å². The van der Waals surface area contributed by atoms with Crippen molar-refractivity contribution < 1.29 is 0 Å². The number of benzene rings is 6. The first-order valence-corrected chi connectivity index (χ1v) is 15.7. The molecule has 0 aromatic heterocycles. The average molecular weight is 569 g/mol. The molecule has 3 heteroatoms. The molecular formula is C40H28N2S. The van der Waals surface area contributed by atoms with Crippen LogP contribution in [0.3, 0.4) is 0 Å². The SMILES string of the molecule is CC12Sc3ccccc3C1N=C1C=CC(c3ccc4c(-c5ccccc5)c5ccccc5c(-c5ccccc5)c4c3)=CN12. The quantitative estimate of drug-likeness (QED) is 0.197. The number of aliphatic imine (C=N–C) groups is 1. The zero-order chi connectivity index (χ0) is 28.5. The van der Waals surface area contributed by atoms with Crippen LogP contribution in [0.25, 0.3) is 49.4 Å². The topological polar surface area (TPSA) is 15.6 Å². The largest absolute Gasteiger partial charge is 0.315 e. The van der Waals surface area contributed by atoms with Gasteiger partial charge in [-0.25, -0.2) is 0 Å². The number of fused-ring (bicyclic) bond motifs is 7. The van der Waals surface area contributed by atoms with Crippen LogP contribution in [0.15, 0.2) is 156 Å². The van der Waals surface area contributed by atoms with E-state index in [2.05, 4.69) is 158 Å². The molecule has 3 aliphatic rings. The van der Waals surface area contributed by atoms with Gasteiger partial charge in [0.1, 0.15) is 16.7 Å². The Morgan fingerprint density at radius 1 is 0.605 bits per heavy atom. The number of hydrogen-bond acceptors (Lipinski definition) is 3. The zero-order valence-electron chi connectivity index (χ0n) is 23.7. The third-order valence-electron chi connectivity index (χ3n) is 9.19. The van der Waals surface area contributed by atoms with Crippen molar-refractivity contribution >= 4 is 44.7 Å². The summed E-state index contributed by atoms with van der Waals surface area (Å²) in [7, 11) is 0. The Kier molecular flexibility index (Phi) is 5.36. The predicted octanol–water partition coefficient (Wildman–Crippen LogP) is 10.5. The molecule has 43 heavy (non-hydrogen) atoms. The van der Waals surface area contributed by atoms with E-state index in [0.29, 0.717) is 0 Å². The summed E-state index contributed by atoms with van der Waals surface area (Å²) < 4.78 is 0. The minimum Gasteiger partial charge on any atom is -0.315 e. The van der Waals surface area contributed by atoms with E-state index in [0.717, 1.165) is 5.84 Å². The van der Waals surface area contributed by atoms with Crippen LogP contribution in [0.2, 0.25) is 0 Å². The van der Waals surface area contributed by atoms with Crippen molar-refractivity contribution in [1.82, 2.24) is 4.90 Å². The summed E-state index contributed by atoms with van der Waals surface area (Å²) >= 11 is 1.93. The Labute approximate surface area is 255 Å². The Morgan fingerprint density at radius 3 is 1.93 bits per heavy atom. The van der Waals surface area contributed by atoms with Gasteiger partial charge in [-0.2, -0.15) is 0 Å². The normalized spacial score (nSPS) is 20.1. The lowest BCUT2D eigenvalue weighted by Gasteiger charge is -2.35. The van der Waals surface area contributed by atoms with E-state index in [9.17, 15) is 0 Å². The molecule has 0 spiro atoms. The minimum atomic E-state index is -0.169. The van der Waals surface area contributed by atoms with Crippen LogP contribution in [0, 0.1) is 0 Å². The standard InChI is InChI=1S/C40H28N2S/c1-40-39(33-18-10-11-19-35(33)43-40)41-36-23-21-29(25-42(36)40)28-20-22-32-34(24-28)38(27-14-6-3-7-15-27)31-17-9-8-16-30(31)37(32)26-12-4-2-5-13-26/h2-25,39H,1H3. The van der Waals surface area contributed by atoms with E-state index in [1.165, 1.54) is 65.4 Å². The summed E-state index contributed by atoms with van der Waals surface area (Å²) in [6, 6.07) is 46.4. The van der Waals surface area contributed by atoms with Gasteiger partial charge in [-0.3, -0.25) is 4.99 Å². The van der Waals surface area contributed by atoms with Crippen molar-refractivity contribution in [2.75, 3.05) is 0 Å². The smallest absolute Gasteiger partial charge is 0.129 e. The number of nitrogens with zero attached hydrogens (tertiary/aromatic N) is 2. The van der Waals surface area contributed by atoms with Crippen LogP contribution < -0.4 is 0 Å². The molecule has 6 aromatic carbocycles. The number of allylic oxidation sites excluding steroid dienone is 2. The molecule has 0 amide bonds. The van der Waals surface area contributed by atoms with Crippen LogP contribution >= 0.6 is 11.8 Å². The van der Waals surface area contributed by atoms with Gasteiger partial charge in [-0.1, -0.05) is 127 Å². The lowest BCUT2D eigenvalue weighted by molar-refractivity contribution is 0.376. The molecular weight excluding hydrogens is 541 g/mol. The molecule has 2 atom stereocenters. The maximum Gasteiger partial charge on any atom is 0.129 e. The molecule has 6 aromatic rings. The lowest BCUT2D eigenvalue weighted by Crippen LogP contribution is -2.40. The van der Waals surface area contributed by atoms with E-state index in [4.69, 9.17) is 4.99 Å². The average Bonchev–Trinajstić information content (AvgIpc) is 3.51. The van der Waals surface area contributed by atoms with Gasteiger partial charge in [0.2, 0.25) is 0 Å². The fraction of sp³-hybridized carbons (Fsp3) is 0.0750. The first-order chi connectivity index (χ1) is 21.2. The van der Waals surface area contributed by atoms with Crippen molar-refractivity contribution in [3.05, 3.63) is 157 Å². The molecule has 9 rings (SSSR count). The molecule has 0 saturated carbocycles. The Morgan fingerprint density at radius 2 is 1.21 bits per heavy atom. The Bertz CT molecular complexity index is 2180. The summed E-state index contributed by atoms with van der Waals surface area (Å²) in [6.07, 6.45) is 6.75. The highest BCUT2D eigenvalue weighted by Crippen LogP contribution is 2.59. The van der Waals surface area contributed by atoms with Crippen LogP contribution in [-0.4, -0.2) is 15.6 Å². The van der Waals surface area contributed by atoms with Gasteiger partial charge in [0.15, 0.2) is 0 Å². The molecule has 0 saturated heterocycles. The van der Waals surface area contributed by atoms with Crippen LogP contribution in [0.4, 0.5) is 0 Å². The number of hydrogen-bond donors (Lipinski definition) is 0. The molecule has 0 fully saturated rings. The highest BCUT2D eigenvalue weighted by atomic mass is 32.2. The summed E-state index contributed by atoms with van der Waals surface area (Å²) in [5, 5.41) is 5.09. The van der Waals surface area contributed by atoms with Gasteiger partial charge in [-0.05, 0) is 91.7 Å². The summed E-state index contributed by atoms with van der Waals surface area (Å²) in [5.41, 5.74) is 8.79. The lowest BCUT2D eigenvalue weighted by atomic mass is 9.85. The van der Waals surface area contributed by atoms with Crippen LogP contribution in [-0.2, 0) is 0 Å². The second-order valence-electron chi connectivity index (χ2n) is 11.7. The molecule has 3 heterocycles. The maximum absolute atomic E-state index is 5.19. The number of thioether (sulfide) groups is 1. The summed E-state index contributed by atoms with van der Waals surface area (Å²) in [4.78, 5) is 8.75. The van der Waals surface area contributed by atoms with Gasteiger partial charge in [0, 0.05) is 11.1 Å². The van der Waals surface area contributed by atoms with Crippen molar-refractivity contribution in [2.24, 2.45) is 4.99 Å². The highest BCUT2D eigenvalue weighted by Gasteiger charge is 2.52. The number of amidine groups is 1. The van der Waals surface area contributed by atoms with Gasteiger partial charge in [0.25, 0.3) is 0 Å². The second-order valence-corrected chi connectivity index (χ2v) is 13.1. The van der Waals surface area contributed by atoms with Gasteiger partial charge in [0.05, 0.1) is 0 Å². The second kappa shape index (κ2) is 9.32. The molecule has 0 bridgehead atoms. The third kappa shape index (κ3) is 3.65. The van der Waals surface area contributed by atoms with E-state index >= 15 is 0 Å². The maximum atomic E-state index is 5.19. The van der Waals surface area contributed by atoms with Crippen molar-refractivity contribution in [3.8, 4) is 22.3 Å². The Balaban J connectivity index is 1.26. The van der Waals surface area contributed by atoms with Crippen molar-refractivity contribution in [3.63, 3.8) is 0 Å². The van der Waals surface area contributed by atoms with Gasteiger partial charge >= 0.3 is 0 Å². The first kappa shape index (κ1) is 24.7. The van der Waals surface area contributed by atoms with E-state index < -0.39 is 0 Å². The molecule has 0 aliphatic carbocycles. The molecule has 2 unspecified atom stereocenters. The zero-order valence-corrected chi connectivity index (χ0v) is 24.6. The molecule has 0 N–H and O–H groups in total. The third-order valence-corrected chi connectivity index (χ3v) is 10.6. The fourth-order valence-electron chi connectivity index (χ4n) is 7.18. The van der Waals surface area contributed by atoms with E-state index in [-0.39, 0.29) is 10.9 Å². The fourth-order valence-corrected chi connectivity index (χ4v) is 8.61. The molecule has 2 nitrogen and oxygen atoms in total.